The highest BCUT2D eigenvalue weighted by atomic mass is 32.2. The lowest BCUT2D eigenvalue weighted by Crippen LogP contribution is -2.41. The Morgan fingerprint density at radius 3 is 2.68 bits per heavy atom. The number of aromatic nitrogens is 1. The molecule has 0 saturated heterocycles. The van der Waals surface area contributed by atoms with Gasteiger partial charge in [-0.25, -0.2) is 5.01 Å². The Hall–Kier alpha value is -2.67. The number of rotatable bonds is 4. The number of amidine groups is 1. The molecule has 1 aromatic carbocycles. The third-order valence-electron chi connectivity index (χ3n) is 4.15. The molecule has 7 heteroatoms. The molecule has 2 aromatic rings. The van der Waals surface area contributed by atoms with Gasteiger partial charge < -0.3 is 5.11 Å². The van der Waals surface area contributed by atoms with Gasteiger partial charge in [0.2, 0.25) is 0 Å². The maximum atomic E-state index is 11.5. The predicted octanol–water partition coefficient (Wildman–Crippen LogP) is 3.05. The Morgan fingerprint density at radius 2 is 1.96 bits per heavy atom. The van der Waals surface area contributed by atoms with Gasteiger partial charge in [-0.2, -0.15) is 5.10 Å². The smallest absolute Gasteiger partial charge is 0.319 e. The molecule has 0 spiro atoms. The molecule has 0 saturated carbocycles. The molecule has 1 N–H and O–H groups in total. The summed E-state index contributed by atoms with van der Waals surface area (Å²) in [5, 5.41) is 15.5. The summed E-state index contributed by atoms with van der Waals surface area (Å²) in [4.78, 5) is 21.7. The van der Waals surface area contributed by atoms with E-state index in [1.54, 1.807) is 23.0 Å². The third kappa shape index (κ3) is 3.15. The second-order valence-corrected chi connectivity index (χ2v) is 7.06. The van der Waals surface area contributed by atoms with Gasteiger partial charge in [0.25, 0.3) is 0 Å². The van der Waals surface area contributed by atoms with Crippen LogP contribution in [0.3, 0.4) is 0 Å². The van der Waals surface area contributed by atoms with E-state index in [9.17, 15) is 9.90 Å². The third-order valence-corrected chi connectivity index (χ3v) is 5.36. The first kappa shape index (κ1) is 15.8. The van der Waals surface area contributed by atoms with Crippen molar-refractivity contribution in [2.75, 3.05) is 0 Å². The van der Waals surface area contributed by atoms with Crippen molar-refractivity contribution < 1.29 is 9.90 Å². The summed E-state index contributed by atoms with van der Waals surface area (Å²) in [7, 11) is 0. The molecular weight excluding hydrogens is 336 g/mol. The maximum absolute atomic E-state index is 11.5. The summed E-state index contributed by atoms with van der Waals surface area (Å²) in [6, 6.07) is 15.6. The first-order chi connectivity index (χ1) is 12.2. The van der Waals surface area contributed by atoms with Gasteiger partial charge in [0.15, 0.2) is 5.92 Å². The molecule has 2 aliphatic heterocycles. The largest absolute Gasteiger partial charge is 0.480 e. The van der Waals surface area contributed by atoms with Gasteiger partial charge in [-0.05, 0) is 24.3 Å². The zero-order valence-electron chi connectivity index (χ0n) is 13.3. The van der Waals surface area contributed by atoms with Crippen molar-refractivity contribution in [1.82, 2.24) is 9.99 Å². The number of aliphatic carboxylic acids is 1. The fourth-order valence-corrected chi connectivity index (χ4v) is 4.13. The van der Waals surface area contributed by atoms with Crippen LogP contribution in [0.1, 0.15) is 18.2 Å². The first-order valence-corrected chi connectivity index (χ1v) is 8.87. The number of hydrogen-bond acceptors (Lipinski definition) is 6. The molecule has 0 fully saturated rings. The molecule has 0 amide bonds. The van der Waals surface area contributed by atoms with E-state index in [1.165, 1.54) is 6.21 Å². The number of hydrogen-bond donors (Lipinski definition) is 1. The monoisotopic (exact) mass is 352 g/mol. The molecule has 3 unspecified atom stereocenters. The highest BCUT2D eigenvalue weighted by molar-refractivity contribution is 7.99. The van der Waals surface area contributed by atoms with Crippen molar-refractivity contribution in [1.29, 1.82) is 0 Å². The lowest BCUT2D eigenvalue weighted by Gasteiger charge is -2.34. The Kier molecular flexibility index (Phi) is 4.23. The predicted molar refractivity (Wildman–Crippen MR) is 96.6 cm³/mol. The first-order valence-electron chi connectivity index (χ1n) is 7.99. The lowest BCUT2D eigenvalue weighted by atomic mass is 10.0. The van der Waals surface area contributed by atoms with Crippen LogP contribution >= 0.6 is 11.8 Å². The minimum absolute atomic E-state index is 0.0255. The van der Waals surface area contributed by atoms with E-state index < -0.39 is 11.9 Å². The molecule has 1 aromatic heterocycles. The number of thioether (sulfide) groups is 1. The van der Waals surface area contributed by atoms with Crippen molar-refractivity contribution >= 4 is 29.8 Å². The second-order valence-electron chi connectivity index (χ2n) is 5.80. The zero-order chi connectivity index (χ0) is 17.2. The molecule has 6 nitrogen and oxygen atoms in total. The average Bonchev–Trinajstić information content (AvgIpc) is 3.08. The van der Waals surface area contributed by atoms with Crippen LogP contribution < -0.4 is 0 Å². The number of hydrazone groups is 1. The van der Waals surface area contributed by atoms with Gasteiger partial charge in [-0.3, -0.25) is 14.8 Å². The van der Waals surface area contributed by atoms with E-state index in [-0.39, 0.29) is 11.4 Å². The number of carbonyl (C=O) groups is 1. The Labute approximate surface area is 149 Å². The Bertz CT molecular complexity index is 825. The number of pyridine rings is 1. The summed E-state index contributed by atoms with van der Waals surface area (Å²) in [6.45, 7) is 0. The summed E-state index contributed by atoms with van der Waals surface area (Å²) < 4.78 is 0. The Balaban J connectivity index is 1.68. The quantitative estimate of drug-likeness (QED) is 0.915. The topological polar surface area (TPSA) is 78.1 Å². The van der Waals surface area contributed by atoms with Crippen LogP contribution in [0.15, 0.2) is 69.7 Å². The van der Waals surface area contributed by atoms with Crippen LogP contribution in [0.5, 0.6) is 0 Å². The molecule has 3 heterocycles. The summed E-state index contributed by atoms with van der Waals surface area (Å²) in [6.07, 6.45) is 3.91. The van der Waals surface area contributed by atoms with Gasteiger partial charge >= 0.3 is 5.97 Å². The summed E-state index contributed by atoms with van der Waals surface area (Å²) >= 11 is 1.66. The fourth-order valence-electron chi connectivity index (χ4n) is 2.96. The normalized spacial score (nSPS) is 24.7. The van der Waals surface area contributed by atoms with Gasteiger partial charge in [0.05, 0.1) is 11.7 Å². The van der Waals surface area contributed by atoms with Crippen molar-refractivity contribution in [3.05, 3.63) is 60.4 Å². The van der Waals surface area contributed by atoms with Crippen molar-refractivity contribution in [2.45, 2.75) is 22.7 Å². The number of carboxylic acid groups (broad SMARTS) is 1. The molecule has 0 aliphatic carbocycles. The van der Waals surface area contributed by atoms with Crippen LogP contribution in [0.4, 0.5) is 0 Å². The van der Waals surface area contributed by atoms with Crippen LogP contribution in [0.25, 0.3) is 0 Å². The van der Waals surface area contributed by atoms with E-state index in [0.717, 1.165) is 10.6 Å². The van der Waals surface area contributed by atoms with Gasteiger partial charge in [-0.1, -0.05) is 36.0 Å². The molecular formula is C18H16N4O2S. The Morgan fingerprint density at radius 1 is 1.16 bits per heavy atom. The molecule has 25 heavy (non-hydrogen) atoms. The van der Waals surface area contributed by atoms with Crippen molar-refractivity contribution in [3.63, 3.8) is 0 Å². The minimum Gasteiger partial charge on any atom is -0.480 e. The minimum atomic E-state index is -0.935. The van der Waals surface area contributed by atoms with E-state index in [1.807, 2.05) is 48.5 Å². The molecule has 0 bridgehead atoms. The molecule has 4 rings (SSSR count). The highest BCUT2D eigenvalue weighted by Crippen LogP contribution is 2.39. The zero-order valence-corrected chi connectivity index (χ0v) is 14.1. The van der Waals surface area contributed by atoms with Gasteiger partial charge in [0.1, 0.15) is 11.2 Å². The molecule has 126 valence electrons. The van der Waals surface area contributed by atoms with Crippen LogP contribution in [-0.4, -0.2) is 38.5 Å². The van der Waals surface area contributed by atoms with Gasteiger partial charge in [0, 0.05) is 23.7 Å². The lowest BCUT2D eigenvalue weighted by molar-refractivity contribution is -0.137. The van der Waals surface area contributed by atoms with Crippen LogP contribution in [0, 0.1) is 5.92 Å². The number of fused-ring (bicyclic) bond motifs is 1. The highest BCUT2D eigenvalue weighted by Gasteiger charge is 2.41. The standard InChI is InChI=1S/C18H16N4O2S/c23-18(24)13-11-20-22-16(25-12-6-2-1-3-7-12)10-15(21-17(13)22)14-8-4-5-9-19-14/h1-9,11,13,15-16H,10H2,(H,23,24). The van der Waals surface area contributed by atoms with Gasteiger partial charge in [-0.15, -0.1) is 0 Å². The maximum Gasteiger partial charge on any atom is 0.319 e. The fraction of sp³-hybridized carbons (Fsp3) is 0.222. The summed E-state index contributed by atoms with van der Waals surface area (Å²) in [5.41, 5.74) is 0.851. The molecule has 0 radical (unpaired) electrons. The van der Waals surface area contributed by atoms with E-state index in [2.05, 4.69) is 15.1 Å². The number of benzene rings is 1. The van der Waals surface area contributed by atoms with E-state index in [0.29, 0.717) is 12.3 Å². The van der Waals surface area contributed by atoms with E-state index in [4.69, 9.17) is 0 Å². The van der Waals surface area contributed by atoms with Crippen molar-refractivity contribution in [3.8, 4) is 0 Å². The van der Waals surface area contributed by atoms with Crippen molar-refractivity contribution in [2.24, 2.45) is 16.0 Å². The SMILES string of the molecule is O=C(O)C1C=NN2C1=NC(c1ccccn1)CC2Sc1ccccc1. The van der Waals surface area contributed by atoms with Crippen LogP contribution in [0.2, 0.25) is 0 Å². The summed E-state index contributed by atoms with van der Waals surface area (Å²) in [5.74, 6) is -1.25. The number of aliphatic imine (C=N–C) groups is 1. The average molecular weight is 352 g/mol. The number of carboxylic acids is 1. The molecule has 2 aliphatic rings. The van der Waals surface area contributed by atoms with Crippen LogP contribution in [-0.2, 0) is 4.79 Å². The van der Waals surface area contributed by atoms with E-state index >= 15 is 0 Å². The number of nitrogens with zero attached hydrogens (tertiary/aromatic N) is 4. The second kappa shape index (κ2) is 6.68. The molecule has 3 atom stereocenters.